The van der Waals surface area contributed by atoms with E-state index in [1.54, 1.807) is 25.3 Å². The number of aromatic amines is 1. The number of amides is 1. The monoisotopic (exact) mass is 500 g/mol. The summed E-state index contributed by atoms with van der Waals surface area (Å²) >= 11 is 6.53. The van der Waals surface area contributed by atoms with Crippen molar-refractivity contribution in [2.45, 2.75) is 18.9 Å². The Labute approximate surface area is 213 Å². The van der Waals surface area contributed by atoms with Crippen LogP contribution in [-0.4, -0.2) is 40.3 Å². The summed E-state index contributed by atoms with van der Waals surface area (Å²) in [5.74, 6) is -0.658. The van der Waals surface area contributed by atoms with Crippen LogP contribution in [0.5, 0.6) is 5.75 Å². The molecule has 1 atom stereocenters. The first-order valence-corrected chi connectivity index (χ1v) is 12.1. The maximum Gasteiger partial charge on any atom is 0.290 e. The van der Waals surface area contributed by atoms with Gasteiger partial charge in [0.15, 0.2) is 11.5 Å². The minimum Gasteiger partial charge on any atom is -0.503 e. The Morgan fingerprint density at radius 1 is 1.08 bits per heavy atom. The number of nitrogens with one attached hydrogen (secondary N) is 1. The normalized spacial score (nSPS) is 15.7. The summed E-state index contributed by atoms with van der Waals surface area (Å²) < 4.78 is 5.36. The first-order chi connectivity index (χ1) is 17.5. The van der Waals surface area contributed by atoms with Gasteiger partial charge in [-0.05, 0) is 47.4 Å². The third kappa shape index (κ3) is 4.36. The summed E-state index contributed by atoms with van der Waals surface area (Å²) in [5, 5.41) is 12.3. The van der Waals surface area contributed by atoms with E-state index in [4.69, 9.17) is 16.3 Å². The SMILES string of the molecule is COc1ccc2[nH]cc(CCN3C(=O)C(O)=C(C(=O)Cc4ccccc4)[C@H]3c3ccccc3Cl)c2c1. The lowest BCUT2D eigenvalue weighted by molar-refractivity contribution is -0.129. The van der Waals surface area contributed by atoms with Crippen LogP contribution in [-0.2, 0) is 22.4 Å². The Kier molecular flexibility index (Phi) is 6.53. The lowest BCUT2D eigenvalue weighted by atomic mass is 9.93. The number of halogens is 1. The number of H-pyrrole nitrogens is 1. The molecule has 1 aliphatic heterocycles. The van der Waals surface area contributed by atoms with Crippen LogP contribution in [0.25, 0.3) is 10.9 Å². The number of carbonyl (C=O) groups excluding carboxylic acids is 2. The lowest BCUT2D eigenvalue weighted by Crippen LogP contribution is -2.33. The molecule has 7 heteroatoms. The van der Waals surface area contributed by atoms with Gasteiger partial charge in [-0.25, -0.2) is 0 Å². The van der Waals surface area contributed by atoms with Crippen LogP contribution in [0.15, 0.2) is 90.3 Å². The Morgan fingerprint density at radius 3 is 2.58 bits per heavy atom. The topological polar surface area (TPSA) is 82.6 Å². The molecule has 4 aromatic rings. The fourth-order valence-electron chi connectivity index (χ4n) is 4.80. The molecule has 5 rings (SSSR count). The summed E-state index contributed by atoms with van der Waals surface area (Å²) in [4.78, 5) is 31.5. The molecule has 1 aliphatic rings. The molecule has 1 aromatic heterocycles. The zero-order chi connectivity index (χ0) is 25.2. The van der Waals surface area contributed by atoms with Crippen molar-refractivity contribution in [3.63, 3.8) is 0 Å². The van der Waals surface area contributed by atoms with Crippen LogP contribution in [0.3, 0.4) is 0 Å². The number of carbonyl (C=O) groups is 2. The Bertz CT molecular complexity index is 1480. The molecule has 6 nitrogen and oxygen atoms in total. The minimum absolute atomic E-state index is 0.0740. The standard InChI is InChI=1S/C29H25ClN2O4/c1-36-20-11-12-24-22(16-20)19(17-31-24)13-14-32-27(21-9-5-6-10-23(21)30)26(28(34)29(32)35)25(33)15-18-7-3-2-4-8-18/h2-12,16-17,27,31,34H,13-15H2,1H3/t27-/m1/s1. The number of aliphatic hydroxyl groups is 1. The number of hydrogen-bond donors (Lipinski definition) is 2. The average Bonchev–Trinajstić information content (AvgIpc) is 3.41. The number of benzene rings is 3. The first kappa shape index (κ1) is 23.7. The van der Waals surface area contributed by atoms with Crippen molar-refractivity contribution >= 4 is 34.2 Å². The molecule has 2 heterocycles. The van der Waals surface area contributed by atoms with E-state index in [2.05, 4.69) is 4.98 Å². The zero-order valence-electron chi connectivity index (χ0n) is 19.7. The van der Waals surface area contributed by atoms with Gasteiger partial charge in [-0.3, -0.25) is 9.59 Å². The van der Waals surface area contributed by atoms with Crippen molar-refractivity contribution in [2.75, 3.05) is 13.7 Å². The van der Waals surface area contributed by atoms with E-state index in [-0.39, 0.29) is 24.3 Å². The van der Waals surface area contributed by atoms with Gasteiger partial charge in [0.1, 0.15) is 5.75 Å². The number of aromatic nitrogens is 1. The molecular weight excluding hydrogens is 476 g/mol. The highest BCUT2D eigenvalue weighted by Crippen LogP contribution is 2.41. The maximum atomic E-state index is 13.4. The number of ether oxygens (including phenoxy) is 1. The molecule has 2 N–H and O–H groups in total. The molecular formula is C29H25ClN2O4. The van der Waals surface area contributed by atoms with Crippen molar-refractivity contribution in [2.24, 2.45) is 0 Å². The van der Waals surface area contributed by atoms with Crippen LogP contribution in [0.2, 0.25) is 5.02 Å². The van der Waals surface area contributed by atoms with Crippen LogP contribution in [0.1, 0.15) is 22.7 Å². The summed E-state index contributed by atoms with van der Waals surface area (Å²) in [6.07, 6.45) is 2.49. The van der Waals surface area contributed by atoms with Crippen LogP contribution < -0.4 is 4.74 Å². The predicted octanol–water partition coefficient (Wildman–Crippen LogP) is 5.58. The number of Topliss-reactive ketones (excluding diaryl/α,β-unsaturated/α-hetero) is 1. The molecule has 0 aliphatic carbocycles. The fourth-order valence-corrected chi connectivity index (χ4v) is 5.04. The van der Waals surface area contributed by atoms with E-state index in [1.165, 1.54) is 4.90 Å². The highest BCUT2D eigenvalue weighted by atomic mass is 35.5. The van der Waals surface area contributed by atoms with Gasteiger partial charge in [-0.15, -0.1) is 0 Å². The molecule has 0 saturated carbocycles. The molecule has 182 valence electrons. The second kappa shape index (κ2) is 9.91. The van der Waals surface area contributed by atoms with E-state index in [0.717, 1.165) is 27.8 Å². The highest BCUT2D eigenvalue weighted by molar-refractivity contribution is 6.31. The Morgan fingerprint density at radius 2 is 1.83 bits per heavy atom. The van der Waals surface area contributed by atoms with Crippen molar-refractivity contribution < 1.29 is 19.4 Å². The minimum atomic E-state index is -0.776. The van der Waals surface area contributed by atoms with Gasteiger partial charge in [-0.2, -0.15) is 0 Å². The largest absolute Gasteiger partial charge is 0.503 e. The van der Waals surface area contributed by atoms with E-state index in [0.29, 0.717) is 17.0 Å². The van der Waals surface area contributed by atoms with Crippen molar-refractivity contribution in [3.05, 3.63) is 112 Å². The quantitative estimate of drug-likeness (QED) is 0.331. The maximum absolute atomic E-state index is 13.4. The summed E-state index contributed by atoms with van der Waals surface area (Å²) in [6, 6.07) is 21.4. The van der Waals surface area contributed by atoms with Gasteiger partial charge in [0.25, 0.3) is 5.91 Å². The van der Waals surface area contributed by atoms with Gasteiger partial charge in [-0.1, -0.05) is 60.1 Å². The van der Waals surface area contributed by atoms with Crippen molar-refractivity contribution in [3.8, 4) is 5.75 Å². The number of rotatable bonds is 8. The van der Waals surface area contributed by atoms with Gasteiger partial charge < -0.3 is 19.7 Å². The van der Waals surface area contributed by atoms with Crippen LogP contribution >= 0.6 is 11.6 Å². The van der Waals surface area contributed by atoms with E-state index >= 15 is 0 Å². The number of fused-ring (bicyclic) bond motifs is 1. The summed E-state index contributed by atoms with van der Waals surface area (Å²) in [6.45, 7) is 0.283. The fraction of sp³-hybridized carbons (Fsp3) is 0.172. The molecule has 3 aromatic carbocycles. The second-order valence-electron chi connectivity index (χ2n) is 8.75. The van der Waals surface area contributed by atoms with Gasteiger partial charge in [0.2, 0.25) is 0 Å². The van der Waals surface area contributed by atoms with Gasteiger partial charge in [0, 0.05) is 35.1 Å². The Balaban J connectivity index is 1.48. The van der Waals surface area contributed by atoms with Crippen LogP contribution in [0.4, 0.5) is 0 Å². The van der Waals surface area contributed by atoms with Crippen molar-refractivity contribution in [1.82, 2.24) is 9.88 Å². The second-order valence-corrected chi connectivity index (χ2v) is 9.15. The molecule has 36 heavy (non-hydrogen) atoms. The molecule has 1 amide bonds. The lowest BCUT2D eigenvalue weighted by Gasteiger charge is -2.27. The molecule has 0 saturated heterocycles. The first-order valence-electron chi connectivity index (χ1n) is 11.7. The zero-order valence-corrected chi connectivity index (χ0v) is 20.5. The molecule has 0 spiro atoms. The highest BCUT2D eigenvalue weighted by Gasteiger charge is 2.43. The Hall–Kier alpha value is -4.03. The number of nitrogens with zero attached hydrogens (tertiary/aromatic N) is 1. The van der Waals surface area contributed by atoms with Crippen LogP contribution in [0, 0.1) is 0 Å². The van der Waals surface area contributed by atoms with Crippen molar-refractivity contribution in [1.29, 1.82) is 0 Å². The number of hydrogen-bond acceptors (Lipinski definition) is 4. The number of ketones is 1. The smallest absolute Gasteiger partial charge is 0.290 e. The summed E-state index contributed by atoms with van der Waals surface area (Å²) in [5.41, 5.74) is 3.45. The molecule has 0 bridgehead atoms. The van der Waals surface area contributed by atoms with E-state index in [1.807, 2.05) is 60.8 Å². The van der Waals surface area contributed by atoms with E-state index in [9.17, 15) is 14.7 Å². The third-order valence-corrected chi connectivity index (χ3v) is 6.95. The molecule has 0 radical (unpaired) electrons. The summed E-state index contributed by atoms with van der Waals surface area (Å²) in [7, 11) is 1.62. The predicted molar refractivity (Wildman–Crippen MR) is 139 cm³/mol. The molecule has 0 fully saturated rings. The van der Waals surface area contributed by atoms with Gasteiger partial charge in [0.05, 0.1) is 18.7 Å². The van der Waals surface area contributed by atoms with E-state index < -0.39 is 17.7 Å². The third-order valence-electron chi connectivity index (χ3n) is 6.61. The number of methoxy groups -OCH3 is 1. The molecule has 0 unspecified atom stereocenters. The van der Waals surface area contributed by atoms with Gasteiger partial charge >= 0.3 is 0 Å². The average molecular weight is 501 g/mol. The number of aliphatic hydroxyl groups excluding tert-OH is 1.